The first kappa shape index (κ1) is 16.7. The maximum absolute atomic E-state index is 6.36. The highest BCUT2D eigenvalue weighted by Gasteiger charge is 2.09. The lowest BCUT2D eigenvalue weighted by atomic mass is 10.2. The van der Waals surface area contributed by atoms with Gasteiger partial charge in [-0.15, -0.1) is 0 Å². The minimum atomic E-state index is 0.625. The quantitative estimate of drug-likeness (QED) is 0.704. The predicted octanol–water partition coefficient (Wildman–Crippen LogP) is 5.89. The SMILES string of the molecule is CC(C)CNCc1c(Cl)cccc1Sc1ccc(Cl)cc1. The van der Waals surface area contributed by atoms with Crippen molar-refractivity contribution in [3.8, 4) is 0 Å². The van der Waals surface area contributed by atoms with E-state index >= 15 is 0 Å². The summed E-state index contributed by atoms with van der Waals surface area (Å²) in [5.74, 6) is 0.625. The zero-order valence-electron chi connectivity index (χ0n) is 12.2. The van der Waals surface area contributed by atoms with E-state index in [0.29, 0.717) is 5.92 Å². The van der Waals surface area contributed by atoms with E-state index in [-0.39, 0.29) is 0 Å². The Morgan fingerprint density at radius 1 is 1.05 bits per heavy atom. The summed E-state index contributed by atoms with van der Waals surface area (Å²) in [6.45, 7) is 6.16. The lowest BCUT2D eigenvalue weighted by Gasteiger charge is -2.13. The van der Waals surface area contributed by atoms with Crippen LogP contribution in [0.1, 0.15) is 19.4 Å². The third kappa shape index (κ3) is 5.23. The molecule has 0 aliphatic carbocycles. The zero-order chi connectivity index (χ0) is 15.2. The maximum Gasteiger partial charge on any atom is 0.0462 e. The molecule has 2 rings (SSSR count). The number of benzene rings is 2. The molecule has 0 saturated heterocycles. The number of rotatable bonds is 6. The fourth-order valence-corrected chi connectivity index (χ4v) is 3.32. The number of hydrogen-bond donors (Lipinski definition) is 1. The molecule has 2 aromatic carbocycles. The molecule has 0 bridgehead atoms. The smallest absolute Gasteiger partial charge is 0.0462 e. The molecule has 2 aromatic rings. The fraction of sp³-hybridized carbons (Fsp3) is 0.294. The van der Waals surface area contributed by atoms with E-state index in [1.807, 2.05) is 36.4 Å². The van der Waals surface area contributed by atoms with Gasteiger partial charge >= 0.3 is 0 Å². The number of hydrogen-bond acceptors (Lipinski definition) is 2. The van der Waals surface area contributed by atoms with Gasteiger partial charge in [-0.25, -0.2) is 0 Å². The van der Waals surface area contributed by atoms with Gasteiger partial charge in [-0.2, -0.15) is 0 Å². The number of halogens is 2. The maximum atomic E-state index is 6.36. The largest absolute Gasteiger partial charge is 0.312 e. The van der Waals surface area contributed by atoms with Crippen LogP contribution in [0.25, 0.3) is 0 Å². The second-order valence-corrected chi connectivity index (χ2v) is 7.26. The van der Waals surface area contributed by atoms with E-state index in [2.05, 4.69) is 25.2 Å². The molecule has 0 fully saturated rings. The van der Waals surface area contributed by atoms with Crippen LogP contribution < -0.4 is 5.32 Å². The van der Waals surface area contributed by atoms with Crippen molar-refractivity contribution in [3.05, 3.63) is 58.1 Å². The lowest BCUT2D eigenvalue weighted by Crippen LogP contribution is -2.19. The standard InChI is InChI=1S/C17H19Cl2NS/c1-12(2)10-20-11-15-16(19)4-3-5-17(15)21-14-8-6-13(18)7-9-14/h3-9,12,20H,10-11H2,1-2H3. The van der Waals surface area contributed by atoms with Crippen molar-refractivity contribution in [3.63, 3.8) is 0 Å². The molecule has 0 aliphatic heterocycles. The lowest BCUT2D eigenvalue weighted by molar-refractivity contribution is 0.550. The van der Waals surface area contributed by atoms with Crippen LogP contribution in [0.2, 0.25) is 10.0 Å². The molecule has 1 nitrogen and oxygen atoms in total. The highest BCUT2D eigenvalue weighted by atomic mass is 35.5. The van der Waals surface area contributed by atoms with E-state index in [0.717, 1.165) is 33.6 Å². The molecule has 1 N–H and O–H groups in total. The highest BCUT2D eigenvalue weighted by Crippen LogP contribution is 2.34. The van der Waals surface area contributed by atoms with Crippen molar-refractivity contribution < 1.29 is 0 Å². The molecule has 0 heterocycles. The second-order valence-electron chi connectivity index (χ2n) is 5.30. The summed E-state index contributed by atoms with van der Waals surface area (Å²) in [6, 6.07) is 13.9. The molecule has 0 radical (unpaired) electrons. The average molecular weight is 340 g/mol. The van der Waals surface area contributed by atoms with Crippen LogP contribution in [0.15, 0.2) is 52.3 Å². The second kappa shape index (κ2) is 8.09. The van der Waals surface area contributed by atoms with E-state index in [1.165, 1.54) is 4.90 Å². The molecule has 112 valence electrons. The Morgan fingerprint density at radius 3 is 2.43 bits per heavy atom. The van der Waals surface area contributed by atoms with E-state index in [9.17, 15) is 0 Å². The first-order valence-corrected chi connectivity index (χ1v) is 8.55. The summed E-state index contributed by atoms with van der Waals surface area (Å²) in [6.07, 6.45) is 0. The van der Waals surface area contributed by atoms with Gasteiger partial charge in [0.1, 0.15) is 0 Å². The van der Waals surface area contributed by atoms with Gasteiger partial charge in [-0.1, -0.05) is 54.9 Å². The van der Waals surface area contributed by atoms with E-state index in [4.69, 9.17) is 23.2 Å². The van der Waals surface area contributed by atoms with Crippen molar-refractivity contribution in [1.82, 2.24) is 5.32 Å². The van der Waals surface area contributed by atoms with E-state index in [1.54, 1.807) is 11.8 Å². The normalized spacial score (nSPS) is 11.1. The van der Waals surface area contributed by atoms with Crippen LogP contribution >= 0.6 is 35.0 Å². The Hall–Kier alpha value is -0.670. The van der Waals surface area contributed by atoms with Crippen LogP contribution in [0.5, 0.6) is 0 Å². The molecule has 0 spiro atoms. The predicted molar refractivity (Wildman–Crippen MR) is 93.6 cm³/mol. The molecule has 0 aliphatic rings. The van der Waals surface area contributed by atoms with Crippen molar-refractivity contribution in [2.75, 3.05) is 6.54 Å². The average Bonchev–Trinajstić information content (AvgIpc) is 2.44. The molecule has 0 saturated carbocycles. The third-order valence-electron chi connectivity index (χ3n) is 2.97. The van der Waals surface area contributed by atoms with Gasteiger partial charge in [0.25, 0.3) is 0 Å². The molecular weight excluding hydrogens is 321 g/mol. The molecule has 21 heavy (non-hydrogen) atoms. The molecule has 0 aromatic heterocycles. The van der Waals surface area contributed by atoms with Crippen LogP contribution in [-0.2, 0) is 6.54 Å². The van der Waals surface area contributed by atoms with Crippen molar-refractivity contribution in [1.29, 1.82) is 0 Å². The third-order valence-corrected chi connectivity index (χ3v) is 4.69. The van der Waals surface area contributed by atoms with Gasteiger partial charge in [0.05, 0.1) is 0 Å². The summed E-state index contributed by atoms with van der Waals surface area (Å²) in [5, 5.41) is 5.02. The zero-order valence-corrected chi connectivity index (χ0v) is 14.5. The Kier molecular flexibility index (Phi) is 6.43. The minimum Gasteiger partial charge on any atom is -0.312 e. The van der Waals surface area contributed by atoms with Crippen LogP contribution in [-0.4, -0.2) is 6.54 Å². The Balaban J connectivity index is 2.14. The van der Waals surface area contributed by atoms with Gasteiger partial charge in [0, 0.05) is 26.4 Å². The van der Waals surface area contributed by atoms with Crippen LogP contribution in [0, 0.1) is 5.92 Å². The van der Waals surface area contributed by atoms with Crippen LogP contribution in [0.3, 0.4) is 0 Å². The number of nitrogens with one attached hydrogen (secondary N) is 1. The van der Waals surface area contributed by atoms with Crippen LogP contribution in [0.4, 0.5) is 0 Å². The van der Waals surface area contributed by atoms with Gasteiger partial charge in [-0.3, -0.25) is 0 Å². The van der Waals surface area contributed by atoms with Crippen molar-refractivity contribution >= 4 is 35.0 Å². The van der Waals surface area contributed by atoms with Crippen molar-refractivity contribution in [2.24, 2.45) is 5.92 Å². The fourth-order valence-electron chi connectivity index (χ4n) is 1.92. The minimum absolute atomic E-state index is 0.625. The van der Waals surface area contributed by atoms with Gasteiger partial charge < -0.3 is 5.32 Å². The summed E-state index contributed by atoms with van der Waals surface area (Å²) >= 11 is 14.0. The molecule has 0 unspecified atom stereocenters. The summed E-state index contributed by atoms with van der Waals surface area (Å²) in [7, 11) is 0. The Labute approximate surface area is 141 Å². The van der Waals surface area contributed by atoms with Gasteiger partial charge in [-0.05, 0) is 54.4 Å². The first-order chi connectivity index (χ1) is 10.1. The van der Waals surface area contributed by atoms with Gasteiger partial charge in [0.15, 0.2) is 0 Å². The summed E-state index contributed by atoms with van der Waals surface area (Å²) < 4.78 is 0. The summed E-state index contributed by atoms with van der Waals surface area (Å²) in [4.78, 5) is 2.34. The monoisotopic (exact) mass is 339 g/mol. The topological polar surface area (TPSA) is 12.0 Å². The Bertz CT molecular complexity index is 582. The first-order valence-electron chi connectivity index (χ1n) is 6.98. The Morgan fingerprint density at radius 2 is 1.76 bits per heavy atom. The highest BCUT2D eigenvalue weighted by molar-refractivity contribution is 7.99. The van der Waals surface area contributed by atoms with Crippen molar-refractivity contribution in [2.45, 2.75) is 30.2 Å². The molecular formula is C17H19Cl2NS. The molecule has 0 atom stereocenters. The molecule has 0 amide bonds. The van der Waals surface area contributed by atoms with Gasteiger partial charge in [0.2, 0.25) is 0 Å². The molecule has 4 heteroatoms. The van der Waals surface area contributed by atoms with E-state index < -0.39 is 0 Å². The summed E-state index contributed by atoms with van der Waals surface area (Å²) in [5.41, 5.74) is 1.15.